The Kier molecular flexibility index (Phi) is 11.2. The lowest BCUT2D eigenvalue weighted by Crippen LogP contribution is -2.57. The molecule has 0 aromatic heterocycles. The smallest absolute Gasteiger partial charge is 0.410 e. The fourth-order valence-corrected chi connectivity index (χ4v) is 6.27. The van der Waals surface area contributed by atoms with Gasteiger partial charge in [0.15, 0.2) is 0 Å². The van der Waals surface area contributed by atoms with Crippen LogP contribution in [-0.2, 0) is 25.6 Å². The number of hydrogen-bond donors (Lipinski definition) is 1. The lowest BCUT2D eigenvalue weighted by molar-refractivity contribution is -0.130. The Morgan fingerprint density at radius 1 is 0.942 bits per heavy atom. The van der Waals surface area contributed by atoms with E-state index >= 15 is 0 Å². The van der Waals surface area contributed by atoms with E-state index in [2.05, 4.69) is 21.2 Å². The van der Waals surface area contributed by atoms with Crippen molar-refractivity contribution < 1.29 is 38.2 Å². The molecule has 0 spiro atoms. The third kappa shape index (κ3) is 8.04. The molecule has 4 amide bonds. The van der Waals surface area contributed by atoms with Crippen molar-refractivity contribution in [1.82, 2.24) is 10.2 Å². The van der Waals surface area contributed by atoms with E-state index in [1.54, 1.807) is 52.1 Å². The van der Waals surface area contributed by atoms with Crippen LogP contribution in [0.1, 0.15) is 54.0 Å². The molecule has 52 heavy (non-hydrogen) atoms. The number of carbonyl (C=O) groups excluding carboxylic acids is 5. The highest BCUT2D eigenvalue weighted by atomic mass is 79.9. The second-order valence-corrected chi connectivity index (χ2v) is 14.3. The van der Waals surface area contributed by atoms with Gasteiger partial charge in [0.1, 0.15) is 23.4 Å². The summed E-state index contributed by atoms with van der Waals surface area (Å²) in [5.74, 6) is -1.58. The van der Waals surface area contributed by atoms with Crippen molar-refractivity contribution >= 4 is 67.9 Å². The predicted molar refractivity (Wildman–Crippen MR) is 201 cm³/mol. The summed E-state index contributed by atoms with van der Waals surface area (Å²) >= 11 is 3.53. The summed E-state index contributed by atoms with van der Waals surface area (Å²) in [5.41, 5.74) is 1.29. The molecule has 0 saturated carbocycles. The van der Waals surface area contributed by atoms with Gasteiger partial charge in [0.25, 0.3) is 11.8 Å². The number of anilines is 2. The lowest BCUT2D eigenvalue weighted by Gasteiger charge is -2.30. The average molecular weight is 774 g/mol. The maximum absolute atomic E-state index is 14.8. The number of hydrogen-bond acceptors (Lipinski definition) is 8. The van der Waals surface area contributed by atoms with E-state index in [4.69, 9.17) is 14.2 Å². The van der Waals surface area contributed by atoms with Gasteiger partial charge in [-0.05, 0) is 93.1 Å². The molecule has 0 bridgehead atoms. The van der Waals surface area contributed by atoms with Crippen LogP contribution in [0.2, 0.25) is 0 Å². The molecule has 0 fully saturated rings. The number of benzene rings is 4. The molecule has 2 atom stereocenters. The van der Waals surface area contributed by atoms with Crippen LogP contribution in [0.3, 0.4) is 0 Å². The van der Waals surface area contributed by atoms with Crippen molar-refractivity contribution in [2.75, 3.05) is 37.6 Å². The molecular weight excluding hydrogens is 732 g/mol. The van der Waals surface area contributed by atoms with Crippen molar-refractivity contribution in [2.45, 2.75) is 51.9 Å². The first-order chi connectivity index (χ1) is 24.6. The van der Waals surface area contributed by atoms with E-state index < -0.39 is 47.5 Å². The number of fused-ring (bicyclic) bond motifs is 2. The molecule has 12 nitrogen and oxygen atoms in total. The van der Waals surface area contributed by atoms with Crippen LogP contribution in [0.15, 0.2) is 83.3 Å². The molecule has 0 radical (unpaired) electrons. The topological polar surface area (TPSA) is 135 Å². The zero-order valence-corrected chi connectivity index (χ0v) is 31.6. The Morgan fingerprint density at radius 3 is 2.23 bits per heavy atom. The summed E-state index contributed by atoms with van der Waals surface area (Å²) in [6.45, 7) is 6.48. The minimum atomic E-state index is -1.25. The number of halogens is 1. The number of esters is 1. The van der Waals surface area contributed by atoms with Gasteiger partial charge in [-0.2, -0.15) is 0 Å². The van der Waals surface area contributed by atoms with Crippen molar-refractivity contribution in [3.05, 3.63) is 100 Å². The first kappa shape index (κ1) is 37.8. The quantitative estimate of drug-likeness (QED) is 0.206. The second-order valence-electron chi connectivity index (χ2n) is 13.3. The zero-order valence-electron chi connectivity index (χ0n) is 30.1. The highest BCUT2D eigenvalue weighted by molar-refractivity contribution is 9.10. The Bertz CT molecular complexity index is 2030. The zero-order chi connectivity index (χ0) is 37.9. The largest absolute Gasteiger partial charge is 0.496 e. The van der Waals surface area contributed by atoms with Crippen molar-refractivity contribution in [3.63, 3.8) is 0 Å². The molecule has 272 valence electrons. The third-order valence-corrected chi connectivity index (χ3v) is 9.23. The van der Waals surface area contributed by atoms with Crippen LogP contribution < -0.4 is 19.9 Å². The second kappa shape index (κ2) is 15.4. The highest BCUT2D eigenvalue weighted by Crippen LogP contribution is 2.38. The molecule has 1 heterocycles. The monoisotopic (exact) mass is 772 g/mol. The summed E-state index contributed by atoms with van der Waals surface area (Å²) in [6, 6.07) is 20.3. The first-order valence-electron chi connectivity index (χ1n) is 16.6. The maximum atomic E-state index is 14.8. The minimum absolute atomic E-state index is 0.0353. The average Bonchev–Trinajstić information content (AvgIpc) is 3.23. The first-order valence-corrected chi connectivity index (χ1v) is 17.3. The summed E-state index contributed by atoms with van der Waals surface area (Å²) in [7, 11) is 4.26. The van der Waals surface area contributed by atoms with E-state index in [9.17, 15) is 24.0 Å². The maximum Gasteiger partial charge on any atom is 0.410 e. The molecule has 5 rings (SSSR count). The van der Waals surface area contributed by atoms with Crippen molar-refractivity contribution in [3.8, 4) is 5.75 Å². The number of rotatable bonds is 8. The molecule has 1 aliphatic heterocycles. The molecule has 0 saturated heterocycles. The molecule has 1 unspecified atom stereocenters. The van der Waals surface area contributed by atoms with E-state index in [0.29, 0.717) is 17.1 Å². The van der Waals surface area contributed by atoms with Gasteiger partial charge in [-0.15, -0.1) is 0 Å². The number of amides is 4. The fourth-order valence-electron chi connectivity index (χ4n) is 5.89. The number of nitrogens with zero attached hydrogens (tertiary/aromatic N) is 3. The molecule has 1 N–H and O–H groups in total. The molecular formula is C39H41BrN4O8. The lowest BCUT2D eigenvalue weighted by atomic mass is 10.0. The normalized spacial score (nSPS) is 14.9. The van der Waals surface area contributed by atoms with Gasteiger partial charge in [-0.3, -0.25) is 19.3 Å². The number of para-hydroxylation sites is 2. The van der Waals surface area contributed by atoms with Crippen molar-refractivity contribution in [1.29, 1.82) is 0 Å². The Hall–Kier alpha value is -5.43. The number of nitrogens with one attached hydrogen (secondary N) is 1. The van der Waals surface area contributed by atoms with Gasteiger partial charge >= 0.3 is 12.1 Å². The SMILES string of the molecule is COC(=O)c1ccc(C(=O)N2C[C@H](NC(=O)C(C)N(C)C(=O)OC(C)(C)C)C(=O)N(Cc3c(OC)ccc4cc(Br)ccc34)c3ccccc32)cc1. The highest BCUT2D eigenvalue weighted by Gasteiger charge is 2.39. The summed E-state index contributed by atoms with van der Waals surface area (Å²) in [5, 5.41) is 4.59. The van der Waals surface area contributed by atoms with Gasteiger partial charge in [0.05, 0.1) is 44.2 Å². The van der Waals surface area contributed by atoms with Gasteiger partial charge < -0.3 is 29.3 Å². The van der Waals surface area contributed by atoms with Gasteiger partial charge in [0.2, 0.25) is 5.91 Å². The van der Waals surface area contributed by atoms with Crippen LogP contribution >= 0.6 is 15.9 Å². The van der Waals surface area contributed by atoms with Crippen molar-refractivity contribution in [2.24, 2.45) is 0 Å². The van der Waals surface area contributed by atoms with Crippen LogP contribution in [-0.4, -0.2) is 80.2 Å². The van der Waals surface area contributed by atoms with E-state index in [-0.39, 0.29) is 24.2 Å². The Labute approximate surface area is 310 Å². The number of carbonyl (C=O) groups is 5. The number of ether oxygens (including phenoxy) is 3. The number of likely N-dealkylation sites (N-methyl/N-ethyl adjacent to an activating group) is 1. The predicted octanol–water partition coefficient (Wildman–Crippen LogP) is 6.33. The Morgan fingerprint density at radius 2 is 1.60 bits per heavy atom. The van der Waals surface area contributed by atoms with Gasteiger partial charge in [-0.25, -0.2) is 9.59 Å². The summed E-state index contributed by atoms with van der Waals surface area (Å²) in [6.07, 6.45) is -0.710. The molecule has 13 heteroatoms. The minimum Gasteiger partial charge on any atom is -0.496 e. The fraction of sp³-hybridized carbons (Fsp3) is 0.308. The standard InChI is InChI=1S/C39H41BrN4O8/c1-23(42(5)38(49)52-39(2,3)4)34(45)41-30-22-44(35(46)24-12-14-25(15-13-24)37(48)51-7)32-11-9-8-10-31(32)43(36(30)47)21-29-28-18-17-27(40)20-26(28)16-19-33(29)50-6/h8-20,23,30H,21-22H2,1-7H3,(H,41,45)/t23?,30-/m0/s1. The molecule has 4 aromatic carbocycles. The third-order valence-electron chi connectivity index (χ3n) is 8.74. The van der Waals surface area contributed by atoms with Crippen LogP contribution in [0, 0.1) is 0 Å². The van der Waals surface area contributed by atoms with Gasteiger partial charge in [-0.1, -0.05) is 40.2 Å². The van der Waals surface area contributed by atoms with E-state index in [0.717, 1.165) is 25.7 Å². The summed E-state index contributed by atoms with van der Waals surface area (Å²) < 4.78 is 16.9. The van der Waals surface area contributed by atoms with Gasteiger partial charge in [0, 0.05) is 22.6 Å². The molecule has 0 aliphatic carbocycles. The van der Waals surface area contributed by atoms with Crippen LogP contribution in [0.4, 0.5) is 16.2 Å². The van der Waals surface area contributed by atoms with Crippen LogP contribution in [0.5, 0.6) is 5.75 Å². The van der Waals surface area contributed by atoms with E-state index in [1.165, 1.54) is 55.1 Å². The molecule has 4 aromatic rings. The van der Waals surface area contributed by atoms with Crippen LogP contribution in [0.25, 0.3) is 10.8 Å². The Balaban J connectivity index is 1.59. The number of methoxy groups -OCH3 is 2. The summed E-state index contributed by atoms with van der Waals surface area (Å²) in [4.78, 5) is 71.9. The molecule has 1 aliphatic rings. The van der Waals surface area contributed by atoms with E-state index in [1.807, 2.05) is 30.3 Å².